The number of carbonyl (C=O) groups excluding carboxylic acids is 1. The van der Waals surface area contributed by atoms with E-state index in [1.54, 1.807) is 0 Å². The number of carbonyl (C=O) groups is 1. The summed E-state index contributed by atoms with van der Waals surface area (Å²) >= 11 is 0. The Kier molecular flexibility index (Phi) is 6.44. The largest absolute Gasteiger partial charge is 0.492 e. The normalized spacial score (nSPS) is 36.1. The van der Waals surface area contributed by atoms with Crippen LogP contribution in [-0.4, -0.2) is 67.1 Å². The van der Waals surface area contributed by atoms with Crippen LogP contribution in [0.25, 0.3) is 11.1 Å². The fourth-order valence-electron chi connectivity index (χ4n) is 11.1. The van der Waals surface area contributed by atoms with Crippen LogP contribution in [0.4, 0.5) is 0 Å². The molecule has 2 aromatic rings. The lowest BCUT2D eigenvalue weighted by Crippen LogP contribution is -2.40. The molecular weight excluding hydrogens is 520 g/mol. The molecule has 8 fully saturated rings. The van der Waals surface area contributed by atoms with Crippen LogP contribution in [0, 0.1) is 35.5 Å². The maximum absolute atomic E-state index is 13.5. The van der Waals surface area contributed by atoms with Gasteiger partial charge in [-0.25, -0.2) is 0 Å². The van der Waals surface area contributed by atoms with Crippen LogP contribution in [0.15, 0.2) is 36.4 Å². The minimum absolute atomic E-state index is 0.0944. The average Bonchev–Trinajstić information content (AvgIpc) is 3.08. The van der Waals surface area contributed by atoms with Crippen LogP contribution in [0.2, 0.25) is 0 Å². The monoisotopic (exact) mass is 566 g/mol. The first kappa shape index (κ1) is 26.1. The third-order valence-corrected chi connectivity index (χ3v) is 12.5. The van der Waals surface area contributed by atoms with Crippen molar-refractivity contribution in [2.24, 2.45) is 35.5 Å². The van der Waals surface area contributed by atoms with E-state index in [-0.39, 0.29) is 5.78 Å². The van der Waals surface area contributed by atoms with Gasteiger partial charge in [0.2, 0.25) is 0 Å². The molecule has 8 bridgehead atoms. The van der Waals surface area contributed by atoms with Crippen molar-refractivity contribution < 1.29 is 14.3 Å². The van der Waals surface area contributed by atoms with Gasteiger partial charge in [0.1, 0.15) is 24.7 Å². The number of hydrogen-bond donors (Lipinski definition) is 0. The molecule has 4 saturated carbocycles. The summed E-state index contributed by atoms with van der Waals surface area (Å²) in [5, 5.41) is 0. The van der Waals surface area contributed by atoms with Crippen molar-refractivity contribution in [2.75, 3.05) is 39.4 Å². The van der Waals surface area contributed by atoms with Crippen LogP contribution in [-0.2, 0) is 0 Å². The number of ketones is 1. The highest BCUT2D eigenvalue weighted by molar-refractivity contribution is 6.22. The van der Waals surface area contributed by atoms with E-state index in [0.717, 1.165) is 94.4 Å². The number of benzene rings is 2. The van der Waals surface area contributed by atoms with Crippen molar-refractivity contribution in [1.29, 1.82) is 0 Å². The molecule has 222 valence electrons. The van der Waals surface area contributed by atoms with Gasteiger partial charge in [0, 0.05) is 49.4 Å². The SMILES string of the molecule is O=C1c2cc(OCCN3CC4CC5CC(C4)CC3C5)ccc2-c2ccc(OCCN3CC4CC5CC(C4)CC3C5)cc21. The predicted molar refractivity (Wildman–Crippen MR) is 164 cm³/mol. The van der Waals surface area contributed by atoms with Crippen LogP contribution in [0.5, 0.6) is 11.5 Å². The summed E-state index contributed by atoms with van der Waals surface area (Å²) < 4.78 is 12.5. The quantitative estimate of drug-likeness (QED) is 0.304. The second-order valence-electron chi connectivity index (χ2n) is 15.3. The lowest BCUT2D eigenvalue weighted by molar-refractivity contribution is 0.104. The van der Waals surface area contributed by atoms with Gasteiger partial charge in [0.25, 0.3) is 0 Å². The summed E-state index contributed by atoms with van der Waals surface area (Å²) in [5.74, 6) is 7.39. The van der Waals surface area contributed by atoms with E-state index in [0.29, 0.717) is 13.2 Å². The molecule has 5 nitrogen and oxygen atoms in total. The molecule has 4 atom stereocenters. The third kappa shape index (κ3) is 4.70. The zero-order chi connectivity index (χ0) is 27.8. The first-order valence-corrected chi connectivity index (χ1v) is 17.2. The van der Waals surface area contributed by atoms with E-state index >= 15 is 0 Å². The summed E-state index contributed by atoms with van der Waals surface area (Å²) in [6.07, 6.45) is 14.3. The molecule has 42 heavy (non-hydrogen) atoms. The Morgan fingerprint density at radius 1 is 0.524 bits per heavy atom. The van der Waals surface area contributed by atoms with E-state index in [9.17, 15) is 4.79 Å². The Morgan fingerprint density at radius 3 is 1.36 bits per heavy atom. The van der Waals surface area contributed by atoms with Crippen molar-refractivity contribution in [3.8, 4) is 22.6 Å². The van der Waals surface area contributed by atoms with Crippen LogP contribution >= 0.6 is 0 Å². The summed E-state index contributed by atoms with van der Waals surface area (Å²) in [5.41, 5.74) is 3.57. The van der Waals surface area contributed by atoms with Gasteiger partial charge in [-0.15, -0.1) is 0 Å². The number of hydrogen-bond acceptors (Lipinski definition) is 5. The van der Waals surface area contributed by atoms with Gasteiger partial charge < -0.3 is 9.47 Å². The maximum Gasteiger partial charge on any atom is 0.194 e. The van der Waals surface area contributed by atoms with Crippen molar-refractivity contribution in [3.05, 3.63) is 47.5 Å². The molecule has 4 unspecified atom stereocenters. The Morgan fingerprint density at radius 2 is 0.929 bits per heavy atom. The van der Waals surface area contributed by atoms with Crippen LogP contribution in [0.3, 0.4) is 0 Å². The highest BCUT2D eigenvalue weighted by Crippen LogP contribution is 2.48. The zero-order valence-electron chi connectivity index (χ0n) is 25.0. The Labute approximate surface area is 250 Å². The van der Waals surface area contributed by atoms with Crippen LogP contribution < -0.4 is 9.47 Å². The van der Waals surface area contributed by atoms with Crippen molar-refractivity contribution in [3.63, 3.8) is 0 Å². The van der Waals surface area contributed by atoms with E-state index < -0.39 is 0 Å². The molecule has 0 amide bonds. The van der Waals surface area contributed by atoms with Gasteiger partial charge >= 0.3 is 0 Å². The molecule has 5 aliphatic carbocycles. The minimum atomic E-state index is 0.0944. The first-order valence-electron chi connectivity index (χ1n) is 17.2. The highest BCUT2D eigenvalue weighted by atomic mass is 16.5. The molecule has 4 aliphatic heterocycles. The fourth-order valence-corrected chi connectivity index (χ4v) is 11.1. The van der Waals surface area contributed by atoms with Gasteiger partial charge in [0.15, 0.2) is 5.78 Å². The minimum Gasteiger partial charge on any atom is -0.492 e. The first-order chi connectivity index (χ1) is 20.6. The summed E-state index contributed by atoms with van der Waals surface area (Å²) in [4.78, 5) is 18.9. The Balaban J connectivity index is 0.817. The fraction of sp³-hybridized carbons (Fsp3) is 0.649. The summed E-state index contributed by atoms with van der Waals surface area (Å²) in [6, 6.07) is 13.7. The van der Waals surface area contributed by atoms with Gasteiger partial charge in [-0.05, 0) is 147 Å². The van der Waals surface area contributed by atoms with Gasteiger partial charge in [-0.1, -0.05) is 0 Å². The molecule has 0 N–H and O–H groups in total. The standard InChI is InChI=1S/C37H46N2O3/c40-37-35-19-31(41-7-5-38-21-27-11-23-9-24(12-27)16-29(38)15-23)1-3-33(35)34-4-2-32(20-36(34)37)42-8-6-39-22-28-13-25-10-26(14-28)18-30(39)17-25/h1-4,19-20,23-30H,5-18,21-22H2. The van der Waals surface area contributed by atoms with Crippen molar-refractivity contribution in [1.82, 2.24) is 9.80 Å². The lowest BCUT2D eigenvalue weighted by atomic mass is 9.68. The molecule has 0 radical (unpaired) electrons. The van der Waals surface area contributed by atoms with E-state index in [2.05, 4.69) is 21.9 Å². The molecule has 0 aromatic heterocycles. The number of ether oxygens (including phenoxy) is 2. The highest BCUT2D eigenvalue weighted by Gasteiger charge is 2.43. The lowest BCUT2D eigenvalue weighted by Gasteiger charge is -2.39. The Bertz CT molecular complexity index is 1240. The third-order valence-electron chi connectivity index (χ3n) is 12.5. The maximum atomic E-state index is 13.5. The summed E-state index contributed by atoms with van der Waals surface area (Å²) in [6.45, 7) is 5.87. The van der Waals surface area contributed by atoms with E-state index in [1.165, 1.54) is 77.3 Å². The molecule has 2 aromatic carbocycles. The van der Waals surface area contributed by atoms with Crippen LogP contribution in [0.1, 0.15) is 80.1 Å². The second-order valence-corrected chi connectivity index (χ2v) is 15.3. The molecule has 4 heterocycles. The van der Waals surface area contributed by atoms with Gasteiger partial charge in [-0.2, -0.15) is 0 Å². The second kappa shape index (κ2) is 10.4. The Hall–Kier alpha value is -2.37. The summed E-state index contributed by atoms with van der Waals surface area (Å²) in [7, 11) is 0. The molecule has 9 aliphatic rings. The van der Waals surface area contributed by atoms with Gasteiger partial charge in [-0.3, -0.25) is 14.6 Å². The molecule has 11 rings (SSSR count). The van der Waals surface area contributed by atoms with E-state index in [1.807, 2.05) is 24.3 Å². The number of nitrogens with zero attached hydrogens (tertiary/aromatic N) is 2. The van der Waals surface area contributed by atoms with E-state index in [4.69, 9.17) is 9.47 Å². The molecule has 0 spiro atoms. The molecular formula is C37H46N2O3. The zero-order valence-corrected chi connectivity index (χ0v) is 25.0. The van der Waals surface area contributed by atoms with Crippen molar-refractivity contribution in [2.45, 2.75) is 76.3 Å². The molecule has 5 heteroatoms. The smallest absolute Gasteiger partial charge is 0.194 e. The topological polar surface area (TPSA) is 42.0 Å². The van der Waals surface area contributed by atoms with Crippen molar-refractivity contribution >= 4 is 5.78 Å². The average molecular weight is 567 g/mol. The van der Waals surface area contributed by atoms with Gasteiger partial charge in [0.05, 0.1) is 0 Å². The predicted octanol–water partition coefficient (Wildman–Crippen LogP) is 6.68. The number of rotatable bonds is 8. The molecule has 4 saturated heterocycles. The number of fused-ring (bicyclic) bond motifs is 5.